The molecular weight excluding hydrogens is 316 g/mol. The number of aromatic nitrogens is 2. The van der Waals surface area contributed by atoms with E-state index in [1.54, 1.807) is 22.2 Å². The minimum atomic E-state index is -0.0298. The van der Waals surface area contributed by atoms with E-state index in [0.717, 1.165) is 11.3 Å². The highest BCUT2D eigenvalue weighted by Gasteiger charge is 2.04. The minimum Gasteiger partial charge on any atom is -0.269 e. The van der Waals surface area contributed by atoms with Crippen molar-refractivity contribution in [1.29, 1.82) is 0 Å². The Hall–Kier alpha value is -2.59. The maximum atomic E-state index is 12.3. The largest absolute Gasteiger partial charge is 0.269 e. The van der Waals surface area contributed by atoms with Crippen LogP contribution in [0.25, 0.3) is 16.4 Å². The van der Waals surface area contributed by atoms with E-state index in [1.165, 1.54) is 15.7 Å². The summed E-state index contributed by atoms with van der Waals surface area (Å²) in [6.45, 7) is 1.97. The van der Waals surface area contributed by atoms with E-state index in [-0.39, 0.29) is 5.56 Å². The first-order valence-corrected chi connectivity index (χ1v) is 8.78. The summed E-state index contributed by atoms with van der Waals surface area (Å²) in [7, 11) is 0. The summed E-state index contributed by atoms with van der Waals surface area (Å²) in [5.41, 5.74) is 2.52. The lowest BCUT2D eigenvalue weighted by molar-refractivity contribution is 1.00. The Balaban J connectivity index is 1.61. The van der Waals surface area contributed by atoms with E-state index in [4.69, 9.17) is 0 Å². The van der Waals surface area contributed by atoms with Crippen molar-refractivity contribution in [1.82, 2.24) is 9.38 Å². The Morgan fingerprint density at radius 3 is 2.71 bits per heavy atom. The van der Waals surface area contributed by atoms with Crippen molar-refractivity contribution in [3.8, 4) is 0 Å². The van der Waals surface area contributed by atoms with Gasteiger partial charge in [-0.05, 0) is 41.5 Å². The Morgan fingerprint density at radius 1 is 1.00 bits per heavy atom. The van der Waals surface area contributed by atoms with Crippen molar-refractivity contribution in [3.05, 3.63) is 88.5 Å². The zero-order chi connectivity index (χ0) is 16.5. The Kier molecular flexibility index (Phi) is 3.82. The highest BCUT2D eigenvalue weighted by atomic mass is 32.2. The Bertz CT molecular complexity index is 1100. The zero-order valence-electron chi connectivity index (χ0n) is 13.3. The van der Waals surface area contributed by atoms with Crippen molar-refractivity contribution in [3.63, 3.8) is 0 Å². The molecule has 2 heterocycles. The number of nitrogens with zero attached hydrogens (tertiary/aromatic N) is 2. The molecule has 0 aliphatic heterocycles. The highest BCUT2D eigenvalue weighted by Crippen LogP contribution is 2.25. The lowest BCUT2D eigenvalue weighted by Gasteiger charge is -2.06. The molecule has 118 valence electrons. The van der Waals surface area contributed by atoms with Gasteiger partial charge < -0.3 is 0 Å². The zero-order valence-corrected chi connectivity index (χ0v) is 14.1. The van der Waals surface area contributed by atoms with Gasteiger partial charge in [-0.25, -0.2) is 4.98 Å². The maximum Gasteiger partial charge on any atom is 0.258 e. The molecule has 0 atom stereocenters. The molecule has 0 aliphatic carbocycles. The second kappa shape index (κ2) is 6.13. The third-order valence-electron chi connectivity index (χ3n) is 3.97. The van der Waals surface area contributed by atoms with Crippen LogP contribution in [0, 0.1) is 6.92 Å². The summed E-state index contributed by atoms with van der Waals surface area (Å²) in [5.74, 6) is 0.679. The van der Waals surface area contributed by atoms with E-state index in [2.05, 4.69) is 35.3 Å². The van der Waals surface area contributed by atoms with Crippen LogP contribution in [0.2, 0.25) is 0 Å². The van der Waals surface area contributed by atoms with Gasteiger partial charge in [0.2, 0.25) is 0 Å². The normalized spacial score (nSPS) is 11.2. The van der Waals surface area contributed by atoms with Gasteiger partial charge in [-0.2, -0.15) is 0 Å². The van der Waals surface area contributed by atoms with Crippen LogP contribution in [0.1, 0.15) is 11.3 Å². The molecule has 0 saturated carbocycles. The SMILES string of the molecule is Cc1ccc2nc(CSc3ccc4ccccc4c3)cc(=O)n2c1. The second-order valence-corrected chi connectivity index (χ2v) is 6.87. The predicted octanol–water partition coefficient (Wildman–Crippen LogP) is 4.45. The van der Waals surface area contributed by atoms with Gasteiger partial charge in [-0.1, -0.05) is 36.4 Å². The topological polar surface area (TPSA) is 34.4 Å². The van der Waals surface area contributed by atoms with E-state index in [9.17, 15) is 4.79 Å². The number of pyridine rings is 1. The van der Waals surface area contributed by atoms with Crippen molar-refractivity contribution in [2.45, 2.75) is 17.6 Å². The monoisotopic (exact) mass is 332 g/mol. The quantitative estimate of drug-likeness (QED) is 0.520. The lowest BCUT2D eigenvalue weighted by Crippen LogP contribution is -2.15. The molecule has 4 aromatic rings. The van der Waals surface area contributed by atoms with Gasteiger partial charge in [0.25, 0.3) is 5.56 Å². The van der Waals surface area contributed by atoms with Crippen LogP contribution >= 0.6 is 11.8 Å². The summed E-state index contributed by atoms with van der Waals surface area (Å²) in [6, 6.07) is 20.2. The summed E-state index contributed by atoms with van der Waals surface area (Å²) in [4.78, 5) is 18.0. The molecule has 0 bridgehead atoms. The molecule has 4 heteroatoms. The van der Waals surface area contributed by atoms with Crippen LogP contribution in [0.5, 0.6) is 0 Å². The third-order valence-corrected chi connectivity index (χ3v) is 5.00. The standard InChI is InChI=1S/C20H16N2OS/c1-14-6-9-19-21-17(11-20(23)22(19)12-14)13-24-18-8-7-15-4-2-3-5-16(15)10-18/h2-12H,13H2,1H3. The molecule has 0 saturated heterocycles. The summed E-state index contributed by atoms with van der Waals surface area (Å²) >= 11 is 1.70. The fourth-order valence-corrected chi connectivity index (χ4v) is 3.58. The molecule has 0 aliphatic rings. The molecule has 0 radical (unpaired) electrons. The van der Waals surface area contributed by atoms with Gasteiger partial charge in [0, 0.05) is 22.9 Å². The molecule has 3 nitrogen and oxygen atoms in total. The Labute approximate surface area is 144 Å². The fourth-order valence-electron chi connectivity index (χ4n) is 2.75. The molecule has 0 unspecified atom stereocenters. The van der Waals surface area contributed by atoms with Gasteiger partial charge in [0.05, 0.1) is 5.69 Å². The van der Waals surface area contributed by atoms with E-state index in [1.807, 2.05) is 37.4 Å². The average Bonchev–Trinajstić information content (AvgIpc) is 2.60. The van der Waals surface area contributed by atoms with Crippen molar-refractivity contribution in [2.24, 2.45) is 0 Å². The van der Waals surface area contributed by atoms with Crippen LogP contribution in [0.4, 0.5) is 0 Å². The van der Waals surface area contributed by atoms with Crippen molar-refractivity contribution >= 4 is 28.2 Å². The molecule has 0 fully saturated rings. The van der Waals surface area contributed by atoms with E-state index < -0.39 is 0 Å². The van der Waals surface area contributed by atoms with Gasteiger partial charge >= 0.3 is 0 Å². The number of hydrogen-bond donors (Lipinski definition) is 0. The Morgan fingerprint density at radius 2 is 1.83 bits per heavy atom. The predicted molar refractivity (Wildman–Crippen MR) is 99.7 cm³/mol. The smallest absolute Gasteiger partial charge is 0.258 e. The molecule has 0 amide bonds. The third kappa shape index (κ3) is 2.93. The number of benzene rings is 2. The average molecular weight is 332 g/mol. The fraction of sp³-hybridized carbons (Fsp3) is 0.100. The van der Waals surface area contributed by atoms with Crippen LogP contribution in [-0.2, 0) is 5.75 Å². The van der Waals surface area contributed by atoms with Crippen LogP contribution in [0.15, 0.2) is 76.6 Å². The highest BCUT2D eigenvalue weighted by molar-refractivity contribution is 7.98. The molecule has 0 spiro atoms. The maximum absolute atomic E-state index is 12.3. The van der Waals surface area contributed by atoms with Crippen molar-refractivity contribution < 1.29 is 0 Å². The van der Waals surface area contributed by atoms with E-state index in [0.29, 0.717) is 11.4 Å². The molecule has 4 rings (SSSR count). The number of fused-ring (bicyclic) bond motifs is 2. The first-order valence-electron chi connectivity index (χ1n) is 7.80. The number of aryl methyl sites for hydroxylation is 1. The number of hydrogen-bond acceptors (Lipinski definition) is 3. The van der Waals surface area contributed by atoms with Gasteiger partial charge in [0.15, 0.2) is 0 Å². The molecule has 24 heavy (non-hydrogen) atoms. The van der Waals surface area contributed by atoms with Crippen LogP contribution in [-0.4, -0.2) is 9.38 Å². The van der Waals surface area contributed by atoms with E-state index >= 15 is 0 Å². The molecule has 2 aromatic heterocycles. The first kappa shape index (κ1) is 15.0. The van der Waals surface area contributed by atoms with Gasteiger partial charge in [-0.3, -0.25) is 9.20 Å². The summed E-state index contributed by atoms with van der Waals surface area (Å²) in [6.07, 6.45) is 1.82. The molecule has 2 aromatic carbocycles. The number of thioether (sulfide) groups is 1. The minimum absolute atomic E-state index is 0.0298. The summed E-state index contributed by atoms with van der Waals surface area (Å²) < 4.78 is 1.60. The number of rotatable bonds is 3. The first-order chi connectivity index (χ1) is 11.7. The lowest BCUT2D eigenvalue weighted by atomic mass is 10.1. The van der Waals surface area contributed by atoms with Crippen LogP contribution in [0.3, 0.4) is 0 Å². The molecular formula is C20H16N2OS. The summed E-state index contributed by atoms with van der Waals surface area (Å²) in [5, 5.41) is 2.46. The van der Waals surface area contributed by atoms with Gasteiger partial charge in [-0.15, -0.1) is 11.8 Å². The van der Waals surface area contributed by atoms with Gasteiger partial charge in [0.1, 0.15) is 5.65 Å². The second-order valence-electron chi connectivity index (χ2n) is 5.82. The van der Waals surface area contributed by atoms with Crippen LogP contribution < -0.4 is 5.56 Å². The molecule has 0 N–H and O–H groups in total. The van der Waals surface area contributed by atoms with Crippen molar-refractivity contribution in [2.75, 3.05) is 0 Å².